The molecule has 0 aliphatic heterocycles. The molecule has 0 atom stereocenters. The van der Waals surface area contributed by atoms with Gasteiger partial charge in [-0.2, -0.15) is 0 Å². The normalized spacial score (nSPS) is 14.7. The number of rotatable bonds is 3. The fourth-order valence-electron chi connectivity index (χ4n) is 3.92. The van der Waals surface area contributed by atoms with Crippen LogP contribution in [-0.4, -0.2) is 5.91 Å². The standard InChI is InChI=1S/C27H27NO/c1-18-5-9-20(10-6-18)23-15-16-27(3,4)25-14-11-21(17-24(23)25)26(29)28-22-12-7-19(2)8-13-22/h5-15,17H,16H2,1-4H3,(H,28,29). The second-order valence-corrected chi connectivity index (χ2v) is 8.65. The Morgan fingerprint density at radius 2 is 1.48 bits per heavy atom. The van der Waals surface area contributed by atoms with E-state index in [4.69, 9.17) is 0 Å². The van der Waals surface area contributed by atoms with Crippen molar-refractivity contribution < 1.29 is 4.79 Å². The topological polar surface area (TPSA) is 29.1 Å². The van der Waals surface area contributed by atoms with Crippen LogP contribution in [0.1, 0.15) is 58.4 Å². The predicted octanol–water partition coefficient (Wildman–Crippen LogP) is 6.67. The molecule has 2 heteroatoms. The molecule has 0 saturated carbocycles. The summed E-state index contributed by atoms with van der Waals surface area (Å²) in [6.07, 6.45) is 3.30. The van der Waals surface area contributed by atoms with Crippen molar-refractivity contribution in [3.8, 4) is 0 Å². The summed E-state index contributed by atoms with van der Waals surface area (Å²) >= 11 is 0. The van der Waals surface area contributed by atoms with E-state index < -0.39 is 0 Å². The summed E-state index contributed by atoms with van der Waals surface area (Å²) in [5.41, 5.74) is 8.82. The molecule has 0 spiro atoms. The van der Waals surface area contributed by atoms with Gasteiger partial charge >= 0.3 is 0 Å². The Morgan fingerprint density at radius 1 is 0.862 bits per heavy atom. The molecule has 1 aliphatic carbocycles. The first-order chi connectivity index (χ1) is 13.8. The maximum atomic E-state index is 12.9. The van der Waals surface area contributed by atoms with Gasteiger partial charge < -0.3 is 5.32 Å². The van der Waals surface area contributed by atoms with Gasteiger partial charge in [0, 0.05) is 11.3 Å². The predicted molar refractivity (Wildman–Crippen MR) is 121 cm³/mol. The molecule has 2 nitrogen and oxygen atoms in total. The van der Waals surface area contributed by atoms with Crippen LogP contribution in [0.5, 0.6) is 0 Å². The lowest BCUT2D eigenvalue weighted by Gasteiger charge is -2.32. The van der Waals surface area contributed by atoms with E-state index in [1.54, 1.807) is 0 Å². The van der Waals surface area contributed by atoms with Crippen molar-refractivity contribution in [2.24, 2.45) is 0 Å². The van der Waals surface area contributed by atoms with E-state index in [1.165, 1.54) is 27.8 Å². The largest absolute Gasteiger partial charge is 0.322 e. The number of fused-ring (bicyclic) bond motifs is 1. The van der Waals surface area contributed by atoms with E-state index in [9.17, 15) is 4.79 Å². The van der Waals surface area contributed by atoms with Crippen LogP contribution in [-0.2, 0) is 5.41 Å². The van der Waals surface area contributed by atoms with Crippen molar-refractivity contribution in [3.05, 3.63) is 106 Å². The van der Waals surface area contributed by atoms with Gasteiger partial charge in [0.2, 0.25) is 0 Å². The van der Waals surface area contributed by atoms with Crippen LogP contribution in [0.4, 0.5) is 5.69 Å². The van der Waals surface area contributed by atoms with Gasteiger partial charge in [0.25, 0.3) is 5.91 Å². The number of amides is 1. The molecule has 29 heavy (non-hydrogen) atoms. The van der Waals surface area contributed by atoms with E-state index in [0.29, 0.717) is 5.56 Å². The van der Waals surface area contributed by atoms with Gasteiger partial charge in [0.15, 0.2) is 0 Å². The van der Waals surface area contributed by atoms with Crippen LogP contribution in [0.25, 0.3) is 5.57 Å². The molecular formula is C27H27NO. The number of benzene rings is 3. The third kappa shape index (κ3) is 3.88. The van der Waals surface area contributed by atoms with Crippen molar-refractivity contribution in [3.63, 3.8) is 0 Å². The zero-order valence-corrected chi connectivity index (χ0v) is 17.5. The average molecular weight is 382 g/mol. The third-order valence-corrected chi connectivity index (χ3v) is 5.79. The highest BCUT2D eigenvalue weighted by Crippen LogP contribution is 2.41. The number of hydrogen-bond donors (Lipinski definition) is 1. The molecule has 0 radical (unpaired) electrons. The Balaban J connectivity index is 1.72. The van der Waals surface area contributed by atoms with Gasteiger partial charge in [-0.25, -0.2) is 0 Å². The summed E-state index contributed by atoms with van der Waals surface area (Å²) in [5.74, 6) is -0.0803. The minimum Gasteiger partial charge on any atom is -0.322 e. The first kappa shape index (κ1) is 19.2. The number of allylic oxidation sites excluding steroid dienone is 1. The number of carbonyl (C=O) groups excluding carboxylic acids is 1. The summed E-state index contributed by atoms with van der Waals surface area (Å²) in [5, 5.41) is 3.02. The van der Waals surface area contributed by atoms with Crippen molar-refractivity contribution in [1.82, 2.24) is 0 Å². The van der Waals surface area contributed by atoms with Crippen molar-refractivity contribution in [2.75, 3.05) is 5.32 Å². The number of anilines is 1. The highest BCUT2D eigenvalue weighted by molar-refractivity contribution is 6.05. The molecule has 4 rings (SSSR count). The van der Waals surface area contributed by atoms with Crippen molar-refractivity contribution in [2.45, 2.75) is 39.5 Å². The monoisotopic (exact) mass is 381 g/mol. The maximum Gasteiger partial charge on any atom is 0.255 e. The van der Waals surface area contributed by atoms with Gasteiger partial charge in [-0.1, -0.05) is 73.5 Å². The average Bonchev–Trinajstić information content (AvgIpc) is 2.70. The smallest absolute Gasteiger partial charge is 0.255 e. The Labute approximate surface area is 173 Å². The van der Waals surface area contributed by atoms with Crippen LogP contribution in [0.2, 0.25) is 0 Å². The number of aryl methyl sites for hydroxylation is 2. The SMILES string of the molecule is Cc1ccc(NC(=O)c2ccc3c(c2)C(c2ccc(C)cc2)=CCC3(C)C)cc1. The van der Waals surface area contributed by atoms with Crippen LogP contribution in [0.3, 0.4) is 0 Å². The highest BCUT2D eigenvalue weighted by atomic mass is 16.1. The minimum atomic E-state index is -0.0803. The Kier molecular flexibility index (Phi) is 4.87. The van der Waals surface area contributed by atoms with Gasteiger partial charge in [-0.05, 0) is 72.2 Å². The first-order valence-corrected chi connectivity index (χ1v) is 10.1. The molecule has 1 amide bonds. The highest BCUT2D eigenvalue weighted by Gasteiger charge is 2.29. The molecule has 1 aliphatic rings. The molecule has 0 heterocycles. The molecule has 0 fully saturated rings. The molecule has 0 saturated heterocycles. The van der Waals surface area contributed by atoms with Gasteiger partial charge in [-0.15, -0.1) is 0 Å². The lowest BCUT2D eigenvalue weighted by Crippen LogP contribution is -2.23. The fourth-order valence-corrected chi connectivity index (χ4v) is 3.92. The van der Waals surface area contributed by atoms with Gasteiger partial charge in [-0.3, -0.25) is 4.79 Å². The zero-order valence-electron chi connectivity index (χ0n) is 17.5. The maximum absolute atomic E-state index is 12.9. The number of hydrogen-bond acceptors (Lipinski definition) is 1. The van der Waals surface area contributed by atoms with Crippen molar-refractivity contribution in [1.29, 1.82) is 0 Å². The molecule has 1 N–H and O–H groups in total. The first-order valence-electron chi connectivity index (χ1n) is 10.1. The lowest BCUT2D eigenvalue weighted by molar-refractivity contribution is 0.102. The number of carbonyl (C=O) groups is 1. The second-order valence-electron chi connectivity index (χ2n) is 8.65. The van der Waals surface area contributed by atoms with Crippen LogP contribution in [0.15, 0.2) is 72.8 Å². The molecule has 0 unspecified atom stereocenters. The van der Waals surface area contributed by atoms with Gasteiger partial charge in [0.1, 0.15) is 0 Å². The Bertz CT molecular complexity index is 1090. The summed E-state index contributed by atoms with van der Waals surface area (Å²) in [6, 6.07) is 22.6. The van der Waals surface area contributed by atoms with Crippen LogP contribution in [0, 0.1) is 13.8 Å². The summed E-state index contributed by atoms with van der Waals surface area (Å²) in [7, 11) is 0. The quantitative estimate of drug-likeness (QED) is 0.539. The van der Waals surface area contributed by atoms with E-state index in [-0.39, 0.29) is 11.3 Å². The van der Waals surface area contributed by atoms with Crippen LogP contribution < -0.4 is 5.32 Å². The van der Waals surface area contributed by atoms with E-state index in [0.717, 1.165) is 17.7 Å². The molecule has 0 aromatic heterocycles. The third-order valence-electron chi connectivity index (χ3n) is 5.79. The number of nitrogens with one attached hydrogen (secondary N) is 1. The molecule has 3 aromatic rings. The zero-order chi connectivity index (χ0) is 20.6. The minimum absolute atomic E-state index is 0.0511. The summed E-state index contributed by atoms with van der Waals surface area (Å²) < 4.78 is 0. The summed E-state index contributed by atoms with van der Waals surface area (Å²) in [4.78, 5) is 12.9. The summed E-state index contributed by atoms with van der Waals surface area (Å²) in [6.45, 7) is 8.67. The molecule has 0 bridgehead atoms. The van der Waals surface area contributed by atoms with Crippen molar-refractivity contribution >= 4 is 17.2 Å². The fraction of sp³-hybridized carbons (Fsp3) is 0.222. The van der Waals surface area contributed by atoms with E-state index >= 15 is 0 Å². The van der Waals surface area contributed by atoms with E-state index in [1.807, 2.05) is 43.3 Å². The molecular weight excluding hydrogens is 354 g/mol. The van der Waals surface area contributed by atoms with Gasteiger partial charge in [0.05, 0.1) is 0 Å². The van der Waals surface area contributed by atoms with Crippen LogP contribution >= 0.6 is 0 Å². The Hall–Kier alpha value is -3.13. The second kappa shape index (κ2) is 7.36. The Morgan fingerprint density at radius 3 is 2.14 bits per heavy atom. The molecule has 146 valence electrons. The van der Waals surface area contributed by atoms with E-state index in [2.05, 4.69) is 62.5 Å². The lowest BCUT2D eigenvalue weighted by atomic mass is 9.72. The molecule has 3 aromatic carbocycles.